The summed E-state index contributed by atoms with van der Waals surface area (Å²) in [6.45, 7) is 12.3. The van der Waals surface area contributed by atoms with Crippen molar-refractivity contribution in [1.29, 1.82) is 0 Å². The summed E-state index contributed by atoms with van der Waals surface area (Å²) < 4.78 is 6.33. The monoisotopic (exact) mass is 370 g/mol. The Balaban J connectivity index is 0.00000129. The van der Waals surface area contributed by atoms with Crippen LogP contribution in [-0.4, -0.2) is 37.5 Å². The van der Waals surface area contributed by atoms with Crippen LogP contribution >= 0.6 is 0 Å². The molecule has 0 aliphatic carbocycles. The molecular formula is C17H30N2O5Si. The molecule has 0 heterocycles. The van der Waals surface area contributed by atoms with Crippen molar-refractivity contribution in [1.82, 2.24) is 0 Å². The van der Waals surface area contributed by atoms with Crippen LogP contribution in [0.3, 0.4) is 0 Å². The molecule has 1 amide bonds. The highest BCUT2D eigenvalue weighted by molar-refractivity contribution is 6.74. The van der Waals surface area contributed by atoms with Crippen molar-refractivity contribution in [2.45, 2.75) is 51.9 Å². The molecule has 142 valence electrons. The van der Waals surface area contributed by atoms with E-state index in [2.05, 4.69) is 39.2 Å². The number of carboxylic acid groups (broad SMARTS) is 1. The van der Waals surface area contributed by atoms with Crippen molar-refractivity contribution in [3.05, 3.63) is 23.8 Å². The van der Waals surface area contributed by atoms with Crippen molar-refractivity contribution < 1.29 is 24.2 Å². The van der Waals surface area contributed by atoms with Gasteiger partial charge in [0.15, 0.2) is 8.32 Å². The molecule has 0 unspecified atom stereocenters. The number of nitrogens with two attached hydrogens (primary N) is 1. The van der Waals surface area contributed by atoms with Crippen molar-refractivity contribution in [3.63, 3.8) is 0 Å². The second-order valence-electron chi connectivity index (χ2n) is 7.16. The van der Waals surface area contributed by atoms with Gasteiger partial charge in [-0.1, -0.05) is 26.8 Å². The van der Waals surface area contributed by atoms with E-state index in [1.807, 2.05) is 0 Å². The van der Waals surface area contributed by atoms with Gasteiger partial charge in [0, 0.05) is 13.5 Å². The smallest absolute Gasteiger partial charge is 0.300 e. The zero-order valence-electron chi connectivity index (χ0n) is 15.8. The summed E-state index contributed by atoms with van der Waals surface area (Å²) in [4.78, 5) is 19.6. The Hall–Kier alpha value is -1.90. The molecule has 1 atom stereocenters. The number of carboxylic acids is 1. The summed E-state index contributed by atoms with van der Waals surface area (Å²) in [7, 11) is -1.95. The second-order valence-corrected chi connectivity index (χ2v) is 11.9. The summed E-state index contributed by atoms with van der Waals surface area (Å²) in [5.41, 5.74) is 7.07. The zero-order chi connectivity index (χ0) is 19.8. The van der Waals surface area contributed by atoms with Crippen molar-refractivity contribution >= 4 is 26.4 Å². The molecule has 0 aliphatic heterocycles. The molecule has 0 aromatic heterocycles. The number of phenolic OH excluding ortho intramolecular Hbond substituents is 1. The van der Waals surface area contributed by atoms with Crippen LogP contribution in [0.1, 0.15) is 39.4 Å². The van der Waals surface area contributed by atoms with Crippen LogP contribution in [0.4, 0.5) is 5.69 Å². The lowest BCUT2D eigenvalue weighted by Gasteiger charge is -2.39. The van der Waals surface area contributed by atoms with E-state index in [-0.39, 0.29) is 16.9 Å². The van der Waals surface area contributed by atoms with Gasteiger partial charge in [-0.3, -0.25) is 9.59 Å². The molecule has 1 aromatic rings. The topological polar surface area (TPSA) is 122 Å². The summed E-state index contributed by atoms with van der Waals surface area (Å²) in [5.74, 6) is -0.811. The van der Waals surface area contributed by atoms with Crippen molar-refractivity contribution in [2.24, 2.45) is 5.73 Å². The lowest BCUT2D eigenvalue weighted by atomic mass is 10.1. The Morgan fingerprint density at radius 3 is 2.32 bits per heavy atom. The first-order valence-electron chi connectivity index (χ1n) is 7.96. The molecule has 0 aliphatic rings. The number of benzene rings is 1. The Morgan fingerprint density at radius 2 is 1.92 bits per heavy atom. The third kappa shape index (κ3) is 7.68. The number of phenols is 1. The number of aliphatic carboxylic acids is 1. The number of carbonyl (C=O) groups is 2. The average Bonchev–Trinajstić information content (AvgIpc) is 2.45. The molecule has 1 aromatic carbocycles. The highest BCUT2D eigenvalue weighted by Gasteiger charge is 2.39. The Bertz CT molecular complexity index is 581. The van der Waals surface area contributed by atoms with Gasteiger partial charge >= 0.3 is 0 Å². The molecule has 5 N–H and O–H groups in total. The van der Waals surface area contributed by atoms with E-state index in [9.17, 15) is 9.90 Å². The predicted octanol–water partition coefficient (Wildman–Crippen LogP) is 3.07. The lowest BCUT2D eigenvalue weighted by molar-refractivity contribution is -0.134. The van der Waals surface area contributed by atoms with Gasteiger partial charge in [0.1, 0.15) is 5.75 Å². The average molecular weight is 371 g/mol. The first kappa shape index (κ1) is 23.1. The van der Waals surface area contributed by atoms with Gasteiger partial charge in [-0.2, -0.15) is 0 Å². The third-order valence-electron chi connectivity index (χ3n) is 4.06. The highest BCUT2D eigenvalue weighted by Crippen LogP contribution is 2.40. The van der Waals surface area contributed by atoms with Crippen LogP contribution in [0.5, 0.6) is 5.75 Å². The summed E-state index contributed by atoms with van der Waals surface area (Å²) in [5, 5.41) is 19.7. The van der Waals surface area contributed by atoms with Gasteiger partial charge < -0.3 is 25.7 Å². The van der Waals surface area contributed by atoms with Crippen LogP contribution in [-0.2, 0) is 14.0 Å². The van der Waals surface area contributed by atoms with E-state index in [0.29, 0.717) is 18.6 Å². The SMILES string of the molecule is CC(=O)O.CC(C)(C)[Si](C)(C)O[C@@H](CN)c1ccc(O)c(NC=O)c1. The predicted molar refractivity (Wildman–Crippen MR) is 101 cm³/mol. The van der Waals surface area contributed by atoms with Crippen LogP contribution in [0.2, 0.25) is 18.1 Å². The fraction of sp³-hybridized carbons (Fsp3) is 0.529. The van der Waals surface area contributed by atoms with E-state index in [0.717, 1.165) is 12.5 Å². The molecule has 0 bridgehead atoms. The molecule has 7 nitrogen and oxygen atoms in total. The summed E-state index contributed by atoms with van der Waals surface area (Å²) in [6.07, 6.45) is 0.282. The fourth-order valence-electron chi connectivity index (χ4n) is 1.72. The summed E-state index contributed by atoms with van der Waals surface area (Å²) >= 11 is 0. The number of rotatable bonds is 6. The minimum Gasteiger partial charge on any atom is -0.506 e. The van der Waals surface area contributed by atoms with Gasteiger partial charge in [0.25, 0.3) is 5.97 Å². The van der Waals surface area contributed by atoms with E-state index < -0.39 is 14.3 Å². The third-order valence-corrected chi connectivity index (χ3v) is 8.55. The first-order chi connectivity index (χ1) is 11.4. The van der Waals surface area contributed by atoms with Gasteiger partial charge in [-0.05, 0) is 35.8 Å². The number of aromatic hydroxyl groups is 1. The zero-order valence-corrected chi connectivity index (χ0v) is 16.8. The Kier molecular flexibility index (Phi) is 8.82. The number of hydrogen-bond donors (Lipinski definition) is 4. The van der Waals surface area contributed by atoms with E-state index >= 15 is 0 Å². The van der Waals surface area contributed by atoms with Gasteiger partial charge in [-0.15, -0.1) is 0 Å². The molecular weight excluding hydrogens is 340 g/mol. The quantitative estimate of drug-likeness (QED) is 0.347. The van der Waals surface area contributed by atoms with Crippen LogP contribution in [0, 0.1) is 0 Å². The van der Waals surface area contributed by atoms with Crippen molar-refractivity contribution in [3.8, 4) is 5.75 Å². The molecule has 1 rings (SSSR count). The normalized spacial score (nSPS) is 12.6. The van der Waals surface area contributed by atoms with E-state index in [1.54, 1.807) is 18.2 Å². The Labute approximate surface area is 150 Å². The van der Waals surface area contributed by atoms with E-state index in [1.165, 1.54) is 0 Å². The van der Waals surface area contributed by atoms with E-state index in [4.69, 9.17) is 20.1 Å². The number of carbonyl (C=O) groups excluding carboxylic acids is 1. The molecule has 0 fully saturated rings. The highest BCUT2D eigenvalue weighted by atomic mass is 28.4. The number of anilines is 1. The second kappa shape index (κ2) is 9.55. The number of nitrogens with one attached hydrogen (secondary N) is 1. The fourth-order valence-corrected chi connectivity index (χ4v) is 3.01. The molecule has 0 saturated heterocycles. The van der Waals surface area contributed by atoms with Crippen molar-refractivity contribution in [2.75, 3.05) is 11.9 Å². The molecule has 0 saturated carbocycles. The summed E-state index contributed by atoms with van der Waals surface area (Å²) in [6, 6.07) is 5.02. The maximum Gasteiger partial charge on any atom is 0.300 e. The molecule has 0 radical (unpaired) electrons. The van der Waals surface area contributed by atoms with Crippen LogP contribution < -0.4 is 11.1 Å². The number of amides is 1. The lowest BCUT2D eigenvalue weighted by Crippen LogP contribution is -2.43. The maximum atomic E-state index is 10.6. The van der Waals surface area contributed by atoms with Gasteiger partial charge in [0.2, 0.25) is 6.41 Å². The molecule has 25 heavy (non-hydrogen) atoms. The van der Waals surface area contributed by atoms with Gasteiger partial charge in [0.05, 0.1) is 11.8 Å². The number of hydrogen-bond acceptors (Lipinski definition) is 5. The first-order valence-corrected chi connectivity index (χ1v) is 10.9. The maximum absolute atomic E-state index is 10.6. The van der Waals surface area contributed by atoms with Crippen LogP contribution in [0.25, 0.3) is 0 Å². The van der Waals surface area contributed by atoms with Crippen LogP contribution in [0.15, 0.2) is 18.2 Å². The minimum atomic E-state index is -1.95. The molecule has 8 heteroatoms. The largest absolute Gasteiger partial charge is 0.506 e. The Morgan fingerprint density at radius 1 is 1.40 bits per heavy atom. The van der Waals surface area contributed by atoms with Gasteiger partial charge in [-0.25, -0.2) is 0 Å². The standard InChI is InChI=1S/C15H26N2O3Si.C2H4O2/c1-15(2,3)21(4,5)20-14(9-16)11-6-7-13(19)12(8-11)17-10-18;1-2(3)4/h6-8,10,14,19H,9,16H2,1-5H3,(H,17,18);1H3,(H,3,4)/t14-;/m0./s1. The molecule has 0 spiro atoms. The minimum absolute atomic E-state index is 0.0222.